The fraction of sp³-hybridized carbons (Fsp3) is 0.429. The molecule has 0 amide bonds. The van der Waals surface area contributed by atoms with Crippen molar-refractivity contribution in [1.82, 2.24) is 9.62 Å². The van der Waals surface area contributed by atoms with Crippen LogP contribution in [0.25, 0.3) is 10.1 Å². The van der Waals surface area contributed by atoms with Crippen LogP contribution in [0.1, 0.15) is 18.7 Å². The van der Waals surface area contributed by atoms with Crippen molar-refractivity contribution in [1.29, 1.82) is 0 Å². The average molecular weight is 312 g/mol. The van der Waals surface area contributed by atoms with Gasteiger partial charge in [-0.3, -0.25) is 0 Å². The van der Waals surface area contributed by atoms with Crippen molar-refractivity contribution in [3.05, 3.63) is 29.1 Å². The number of nitrogens with zero attached hydrogens (tertiary/aromatic N) is 1. The number of sulfonamides is 1. The molecule has 110 valence electrons. The van der Waals surface area contributed by atoms with Crippen LogP contribution < -0.4 is 5.32 Å². The quantitative estimate of drug-likeness (QED) is 0.892. The van der Waals surface area contributed by atoms with Crippen LogP contribution >= 0.6 is 11.3 Å². The Morgan fingerprint density at radius 1 is 1.20 bits per heavy atom. The molecule has 0 bridgehead atoms. The fourth-order valence-corrected chi connectivity index (χ4v) is 5.70. The van der Waals surface area contributed by atoms with E-state index < -0.39 is 10.0 Å². The van der Waals surface area contributed by atoms with Gasteiger partial charge >= 0.3 is 0 Å². The Labute approximate surface area is 124 Å². The Morgan fingerprint density at radius 3 is 2.45 bits per heavy atom. The number of hydrogen-bond donors (Lipinski definition) is 1. The second kappa shape index (κ2) is 6.22. The summed E-state index contributed by atoms with van der Waals surface area (Å²) in [6.07, 6.45) is 0. The lowest BCUT2D eigenvalue weighted by atomic mass is 10.2. The van der Waals surface area contributed by atoms with Crippen molar-refractivity contribution in [2.45, 2.75) is 25.3 Å². The highest BCUT2D eigenvalue weighted by atomic mass is 32.2. The third-order valence-corrected chi connectivity index (χ3v) is 6.74. The number of rotatable bonds is 6. The summed E-state index contributed by atoms with van der Waals surface area (Å²) in [5.41, 5.74) is 0. The lowest BCUT2D eigenvalue weighted by Gasteiger charge is -2.19. The van der Waals surface area contributed by atoms with Crippen LogP contribution in [0.2, 0.25) is 0 Å². The third kappa shape index (κ3) is 2.61. The number of nitrogens with one attached hydrogen (secondary N) is 1. The van der Waals surface area contributed by atoms with E-state index in [0.29, 0.717) is 24.5 Å². The second-order valence-electron chi connectivity index (χ2n) is 4.47. The van der Waals surface area contributed by atoms with Crippen molar-refractivity contribution in [2.24, 2.45) is 0 Å². The van der Waals surface area contributed by atoms with E-state index in [-0.39, 0.29) is 0 Å². The van der Waals surface area contributed by atoms with Crippen molar-refractivity contribution in [3.8, 4) is 0 Å². The van der Waals surface area contributed by atoms with Crippen LogP contribution in [0, 0.1) is 0 Å². The number of fused-ring (bicyclic) bond motifs is 1. The maximum atomic E-state index is 12.9. The molecule has 1 heterocycles. The predicted octanol–water partition coefficient (Wildman–Crippen LogP) is 2.65. The summed E-state index contributed by atoms with van der Waals surface area (Å²) in [4.78, 5) is 1.34. The SMILES string of the molecule is CCN(CC)S(=O)(=O)c1c(CNC)sc2ccccc12. The molecule has 2 rings (SSSR count). The molecule has 1 aromatic heterocycles. The molecule has 4 nitrogen and oxygen atoms in total. The van der Waals surface area contributed by atoms with Crippen LogP contribution in [0.3, 0.4) is 0 Å². The summed E-state index contributed by atoms with van der Waals surface area (Å²) in [5, 5.41) is 3.89. The number of benzene rings is 1. The Hall–Kier alpha value is -0.950. The Kier molecular flexibility index (Phi) is 4.80. The van der Waals surface area contributed by atoms with Crippen molar-refractivity contribution < 1.29 is 8.42 Å². The molecule has 2 aromatic rings. The largest absolute Gasteiger partial charge is 0.315 e. The van der Waals surface area contributed by atoms with Gasteiger partial charge in [0.1, 0.15) is 4.90 Å². The van der Waals surface area contributed by atoms with E-state index in [1.165, 1.54) is 4.31 Å². The summed E-state index contributed by atoms with van der Waals surface area (Å²) in [6, 6.07) is 7.69. The predicted molar refractivity (Wildman–Crippen MR) is 84.7 cm³/mol. The van der Waals surface area contributed by atoms with E-state index in [1.54, 1.807) is 11.3 Å². The first-order valence-corrected chi connectivity index (χ1v) is 8.97. The first kappa shape index (κ1) is 15.4. The van der Waals surface area contributed by atoms with Gasteiger partial charge in [0.25, 0.3) is 0 Å². The van der Waals surface area contributed by atoms with Crippen LogP contribution in [0.4, 0.5) is 0 Å². The van der Waals surface area contributed by atoms with Gasteiger partial charge in [-0.15, -0.1) is 11.3 Å². The second-order valence-corrected chi connectivity index (χ2v) is 7.48. The molecule has 1 N–H and O–H groups in total. The van der Waals surface area contributed by atoms with Gasteiger partial charge in [-0.05, 0) is 13.1 Å². The zero-order valence-corrected chi connectivity index (χ0v) is 13.6. The van der Waals surface area contributed by atoms with Gasteiger partial charge in [0.15, 0.2) is 0 Å². The third-order valence-electron chi connectivity index (χ3n) is 3.26. The first-order chi connectivity index (χ1) is 9.56. The summed E-state index contributed by atoms with van der Waals surface area (Å²) >= 11 is 1.55. The first-order valence-electron chi connectivity index (χ1n) is 6.71. The maximum absolute atomic E-state index is 12.9. The smallest absolute Gasteiger partial charge is 0.244 e. The Morgan fingerprint density at radius 2 is 1.85 bits per heavy atom. The summed E-state index contributed by atoms with van der Waals surface area (Å²) in [6.45, 7) is 5.28. The minimum atomic E-state index is -3.43. The van der Waals surface area contributed by atoms with Gasteiger partial charge < -0.3 is 5.32 Å². The Bertz CT molecular complexity index is 688. The van der Waals surface area contributed by atoms with Gasteiger partial charge in [0.2, 0.25) is 10.0 Å². The van der Waals surface area contributed by atoms with Crippen molar-refractivity contribution in [3.63, 3.8) is 0 Å². The van der Waals surface area contributed by atoms with Crippen LogP contribution in [0.15, 0.2) is 29.2 Å². The van der Waals surface area contributed by atoms with Crippen LogP contribution in [0.5, 0.6) is 0 Å². The molecule has 0 aliphatic rings. The van der Waals surface area contributed by atoms with E-state index in [9.17, 15) is 8.42 Å². The average Bonchev–Trinajstić information content (AvgIpc) is 2.78. The van der Waals surface area contributed by atoms with Crippen LogP contribution in [-0.2, 0) is 16.6 Å². The summed E-state index contributed by atoms with van der Waals surface area (Å²) < 4.78 is 28.3. The molecule has 0 aliphatic heterocycles. The summed E-state index contributed by atoms with van der Waals surface area (Å²) in [7, 11) is -1.60. The molecule has 20 heavy (non-hydrogen) atoms. The van der Waals surface area contributed by atoms with Crippen LogP contribution in [-0.4, -0.2) is 32.9 Å². The Balaban J connectivity index is 2.71. The lowest BCUT2D eigenvalue weighted by molar-refractivity contribution is 0.445. The molecule has 0 atom stereocenters. The van der Waals surface area contributed by atoms with Gasteiger partial charge in [0.05, 0.1) is 0 Å². The summed E-state index contributed by atoms with van der Waals surface area (Å²) in [5.74, 6) is 0. The molecular weight excluding hydrogens is 292 g/mol. The molecule has 0 aliphatic carbocycles. The highest BCUT2D eigenvalue weighted by Crippen LogP contribution is 2.36. The minimum Gasteiger partial charge on any atom is -0.315 e. The molecule has 0 radical (unpaired) electrons. The van der Waals surface area contributed by atoms with Gasteiger partial charge in [-0.1, -0.05) is 32.0 Å². The normalized spacial score (nSPS) is 12.4. The molecular formula is C14H20N2O2S2. The lowest BCUT2D eigenvalue weighted by Crippen LogP contribution is -2.31. The molecule has 0 unspecified atom stereocenters. The fourth-order valence-electron chi connectivity index (χ4n) is 2.32. The molecule has 0 fully saturated rings. The number of hydrogen-bond acceptors (Lipinski definition) is 4. The van der Waals surface area contributed by atoms with Crippen molar-refractivity contribution >= 4 is 31.4 Å². The van der Waals surface area contributed by atoms with Gasteiger partial charge in [0, 0.05) is 34.6 Å². The minimum absolute atomic E-state index is 0.469. The maximum Gasteiger partial charge on any atom is 0.244 e. The molecule has 0 saturated heterocycles. The monoisotopic (exact) mass is 312 g/mol. The van der Waals surface area contributed by atoms with Gasteiger partial charge in [-0.25, -0.2) is 8.42 Å². The molecule has 0 spiro atoms. The molecule has 0 saturated carbocycles. The zero-order valence-electron chi connectivity index (χ0n) is 12.0. The van der Waals surface area contributed by atoms with E-state index in [2.05, 4.69) is 5.32 Å². The van der Waals surface area contributed by atoms with Gasteiger partial charge in [-0.2, -0.15) is 4.31 Å². The topological polar surface area (TPSA) is 49.4 Å². The van der Waals surface area contributed by atoms with Crippen molar-refractivity contribution in [2.75, 3.05) is 20.1 Å². The van der Waals surface area contributed by atoms with E-state index >= 15 is 0 Å². The van der Waals surface area contributed by atoms with E-state index in [4.69, 9.17) is 0 Å². The highest BCUT2D eigenvalue weighted by molar-refractivity contribution is 7.89. The molecule has 1 aromatic carbocycles. The van der Waals surface area contributed by atoms with E-state index in [0.717, 1.165) is 15.0 Å². The standard InChI is InChI=1S/C14H20N2O2S2/c1-4-16(5-2)20(17,18)14-11-8-6-7-9-12(11)19-13(14)10-15-3/h6-9,15H,4-5,10H2,1-3H3. The zero-order chi connectivity index (χ0) is 14.8. The number of thiophene rings is 1. The van der Waals surface area contributed by atoms with E-state index in [1.807, 2.05) is 45.2 Å². The highest BCUT2D eigenvalue weighted by Gasteiger charge is 2.28. The molecule has 6 heteroatoms.